The summed E-state index contributed by atoms with van der Waals surface area (Å²) in [4.78, 5) is 12.3. The molecule has 0 aromatic heterocycles. The number of hydrogen-bond donors (Lipinski definition) is 1. The molecule has 1 aliphatic rings. The Morgan fingerprint density at radius 3 is 2.42 bits per heavy atom. The van der Waals surface area contributed by atoms with Crippen molar-refractivity contribution < 1.29 is 4.79 Å². The van der Waals surface area contributed by atoms with E-state index in [2.05, 4.69) is 13.5 Å². The van der Waals surface area contributed by atoms with Crippen molar-refractivity contribution in [3.05, 3.63) is 19.7 Å². The summed E-state index contributed by atoms with van der Waals surface area (Å²) < 4.78 is 0. The number of likely N-dealkylation sites (tertiary alicyclic amines) is 1. The SMILES string of the molecule is C=CN1CCCC1=O.[CH2]CCN. The zero-order chi connectivity index (χ0) is 9.40. The highest BCUT2D eigenvalue weighted by molar-refractivity contribution is 5.78. The Morgan fingerprint density at radius 2 is 2.25 bits per heavy atom. The fourth-order valence-corrected chi connectivity index (χ4v) is 0.862. The molecule has 3 heteroatoms. The van der Waals surface area contributed by atoms with Gasteiger partial charge in [-0.25, -0.2) is 0 Å². The number of rotatable bonds is 2. The van der Waals surface area contributed by atoms with E-state index in [0.29, 0.717) is 13.0 Å². The normalized spacial score (nSPS) is 15.5. The van der Waals surface area contributed by atoms with E-state index < -0.39 is 0 Å². The number of nitrogens with two attached hydrogens (primary N) is 1. The Hall–Kier alpha value is -0.830. The van der Waals surface area contributed by atoms with Gasteiger partial charge in [-0.3, -0.25) is 4.79 Å². The molecule has 0 unspecified atom stereocenters. The van der Waals surface area contributed by atoms with Crippen LogP contribution in [0.25, 0.3) is 0 Å². The van der Waals surface area contributed by atoms with E-state index in [-0.39, 0.29) is 5.91 Å². The van der Waals surface area contributed by atoms with Crippen molar-refractivity contribution in [2.45, 2.75) is 19.3 Å². The van der Waals surface area contributed by atoms with Crippen molar-refractivity contribution in [2.75, 3.05) is 13.1 Å². The summed E-state index contributed by atoms with van der Waals surface area (Å²) in [5, 5.41) is 0. The van der Waals surface area contributed by atoms with Gasteiger partial charge in [0.2, 0.25) is 5.91 Å². The number of carbonyl (C=O) groups excluding carboxylic acids is 1. The Kier molecular flexibility index (Phi) is 6.38. The van der Waals surface area contributed by atoms with Crippen molar-refractivity contribution in [3.63, 3.8) is 0 Å². The quantitative estimate of drug-likeness (QED) is 0.668. The molecule has 1 amide bonds. The zero-order valence-corrected chi connectivity index (χ0v) is 7.46. The van der Waals surface area contributed by atoms with Crippen molar-refractivity contribution in [3.8, 4) is 0 Å². The standard InChI is InChI=1S/C6H9NO.C3H8N/c1-2-7-5-3-4-6(7)8;1-2-3-4/h2H,1,3-5H2;1-4H2. The highest BCUT2D eigenvalue weighted by atomic mass is 16.2. The highest BCUT2D eigenvalue weighted by Gasteiger charge is 2.15. The molecule has 0 spiro atoms. The molecule has 0 aromatic rings. The first-order chi connectivity index (χ1) is 5.76. The summed E-state index contributed by atoms with van der Waals surface area (Å²) in [6, 6.07) is 0. The van der Waals surface area contributed by atoms with Crippen LogP contribution < -0.4 is 5.73 Å². The first-order valence-electron chi connectivity index (χ1n) is 4.17. The van der Waals surface area contributed by atoms with Crippen molar-refractivity contribution >= 4 is 5.91 Å². The lowest BCUT2D eigenvalue weighted by atomic mass is 10.4. The maximum atomic E-state index is 10.7. The van der Waals surface area contributed by atoms with Crippen molar-refractivity contribution in [2.24, 2.45) is 5.73 Å². The van der Waals surface area contributed by atoms with Crippen LogP contribution in [0.3, 0.4) is 0 Å². The second-order valence-electron chi connectivity index (χ2n) is 2.52. The van der Waals surface area contributed by atoms with Crippen LogP contribution in [0.15, 0.2) is 12.8 Å². The Morgan fingerprint density at radius 1 is 1.67 bits per heavy atom. The number of hydrogen-bond acceptors (Lipinski definition) is 2. The topological polar surface area (TPSA) is 46.3 Å². The van der Waals surface area contributed by atoms with Gasteiger partial charge >= 0.3 is 0 Å². The molecule has 0 aromatic carbocycles. The van der Waals surface area contributed by atoms with Gasteiger partial charge in [0.05, 0.1) is 0 Å². The molecule has 1 heterocycles. The Balaban J connectivity index is 0.000000261. The molecular formula is C9H17N2O. The minimum Gasteiger partial charge on any atom is -0.330 e. The largest absolute Gasteiger partial charge is 0.330 e. The lowest BCUT2D eigenvalue weighted by Gasteiger charge is -2.05. The van der Waals surface area contributed by atoms with Gasteiger partial charge in [0.1, 0.15) is 0 Å². The molecule has 0 saturated carbocycles. The predicted octanol–water partition coefficient (Wildman–Crippen LogP) is 0.922. The molecule has 0 bridgehead atoms. The van der Waals surface area contributed by atoms with Gasteiger partial charge in [-0.1, -0.05) is 13.5 Å². The summed E-state index contributed by atoms with van der Waals surface area (Å²) >= 11 is 0. The van der Waals surface area contributed by atoms with Crippen LogP contribution in [0.2, 0.25) is 0 Å². The summed E-state index contributed by atoms with van der Waals surface area (Å²) in [5.41, 5.74) is 4.97. The van der Waals surface area contributed by atoms with Crippen LogP contribution in [0.5, 0.6) is 0 Å². The van der Waals surface area contributed by atoms with Crippen LogP contribution in [-0.2, 0) is 4.79 Å². The van der Waals surface area contributed by atoms with Crippen LogP contribution in [0.1, 0.15) is 19.3 Å². The maximum absolute atomic E-state index is 10.7. The molecule has 1 fully saturated rings. The average molecular weight is 169 g/mol. The third kappa shape index (κ3) is 4.13. The average Bonchev–Trinajstić information content (AvgIpc) is 2.51. The maximum Gasteiger partial charge on any atom is 0.226 e. The summed E-state index contributed by atoms with van der Waals surface area (Å²) in [6.07, 6.45) is 4.13. The molecule has 1 aliphatic heterocycles. The van der Waals surface area contributed by atoms with Gasteiger partial charge in [-0.15, -0.1) is 0 Å². The summed E-state index contributed by atoms with van der Waals surface area (Å²) in [5.74, 6) is 0.208. The van der Waals surface area contributed by atoms with Gasteiger partial charge in [0, 0.05) is 13.0 Å². The van der Waals surface area contributed by atoms with Crippen LogP contribution >= 0.6 is 0 Å². The minimum absolute atomic E-state index is 0.208. The molecule has 12 heavy (non-hydrogen) atoms. The second-order valence-corrected chi connectivity index (χ2v) is 2.52. The van der Waals surface area contributed by atoms with Crippen molar-refractivity contribution in [1.82, 2.24) is 4.90 Å². The monoisotopic (exact) mass is 169 g/mol. The van der Waals surface area contributed by atoms with E-state index in [1.54, 1.807) is 11.1 Å². The first-order valence-corrected chi connectivity index (χ1v) is 4.17. The van der Waals surface area contributed by atoms with Crippen LogP contribution in [-0.4, -0.2) is 23.9 Å². The van der Waals surface area contributed by atoms with Gasteiger partial charge < -0.3 is 10.6 Å². The predicted molar refractivity (Wildman–Crippen MR) is 50.2 cm³/mol. The molecule has 0 atom stereocenters. The lowest BCUT2D eigenvalue weighted by molar-refractivity contribution is -0.125. The van der Waals surface area contributed by atoms with Gasteiger partial charge in [-0.2, -0.15) is 0 Å². The molecule has 2 N–H and O–H groups in total. The first kappa shape index (κ1) is 11.2. The highest BCUT2D eigenvalue weighted by Crippen LogP contribution is 2.08. The van der Waals surface area contributed by atoms with Gasteiger partial charge in [0.15, 0.2) is 0 Å². The molecular weight excluding hydrogens is 152 g/mol. The molecule has 1 saturated heterocycles. The van der Waals surface area contributed by atoms with E-state index in [1.165, 1.54) is 0 Å². The number of amides is 1. The number of nitrogens with zero attached hydrogens (tertiary/aromatic N) is 1. The summed E-state index contributed by atoms with van der Waals surface area (Å²) in [6.45, 7) is 8.55. The molecule has 69 valence electrons. The fraction of sp³-hybridized carbons (Fsp3) is 0.556. The van der Waals surface area contributed by atoms with E-state index in [9.17, 15) is 4.79 Å². The van der Waals surface area contributed by atoms with E-state index >= 15 is 0 Å². The zero-order valence-electron chi connectivity index (χ0n) is 7.46. The molecule has 3 nitrogen and oxygen atoms in total. The van der Waals surface area contributed by atoms with Crippen LogP contribution in [0.4, 0.5) is 0 Å². The van der Waals surface area contributed by atoms with E-state index in [4.69, 9.17) is 5.73 Å². The van der Waals surface area contributed by atoms with Gasteiger partial charge in [0.25, 0.3) is 0 Å². The molecule has 0 aliphatic carbocycles. The lowest BCUT2D eigenvalue weighted by Crippen LogP contribution is -2.16. The third-order valence-corrected chi connectivity index (χ3v) is 1.53. The van der Waals surface area contributed by atoms with Crippen molar-refractivity contribution in [1.29, 1.82) is 0 Å². The molecule has 1 rings (SSSR count). The number of carbonyl (C=O) groups is 1. The minimum atomic E-state index is 0.208. The van der Waals surface area contributed by atoms with E-state index in [0.717, 1.165) is 19.4 Å². The fourth-order valence-electron chi connectivity index (χ4n) is 0.862. The Labute approximate surface area is 74.2 Å². The third-order valence-electron chi connectivity index (χ3n) is 1.53. The molecule has 1 radical (unpaired) electrons. The van der Waals surface area contributed by atoms with Crippen LogP contribution in [0, 0.1) is 6.92 Å². The Bertz CT molecular complexity index is 143. The smallest absolute Gasteiger partial charge is 0.226 e. The second kappa shape index (κ2) is 6.85. The van der Waals surface area contributed by atoms with Gasteiger partial charge in [-0.05, 0) is 25.6 Å². The summed E-state index contributed by atoms with van der Waals surface area (Å²) in [7, 11) is 0. The van der Waals surface area contributed by atoms with E-state index in [1.807, 2.05) is 0 Å².